The van der Waals surface area contributed by atoms with Gasteiger partial charge in [-0.1, -0.05) is 87.5 Å². The molecule has 0 unspecified atom stereocenters. The molecule has 0 fully saturated rings. The van der Waals surface area contributed by atoms with E-state index in [1.165, 1.54) is 48.9 Å². The molecule has 0 bridgehead atoms. The fourth-order valence-electron chi connectivity index (χ4n) is 3.60. The first-order valence-corrected chi connectivity index (χ1v) is 11.8. The van der Waals surface area contributed by atoms with Gasteiger partial charge in [-0.2, -0.15) is 0 Å². The average Bonchev–Trinajstić information content (AvgIpc) is 2.82. The highest BCUT2D eigenvalue weighted by molar-refractivity contribution is 5.49. The highest BCUT2D eigenvalue weighted by Gasteiger charge is 2.08. The van der Waals surface area contributed by atoms with Gasteiger partial charge in [-0.15, -0.1) is 0 Å². The van der Waals surface area contributed by atoms with Gasteiger partial charge in [0.15, 0.2) is 0 Å². The summed E-state index contributed by atoms with van der Waals surface area (Å²) in [5, 5.41) is 0. The predicted molar refractivity (Wildman–Crippen MR) is 133 cm³/mol. The lowest BCUT2D eigenvalue weighted by atomic mass is 10.0. The van der Waals surface area contributed by atoms with Crippen molar-refractivity contribution < 1.29 is 8.78 Å². The molecule has 3 aromatic carbocycles. The Balaban J connectivity index is 1.68. The van der Waals surface area contributed by atoms with Crippen LogP contribution in [-0.4, -0.2) is 0 Å². The van der Waals surface area contributed by atoms with Gasteiger partial charge in [0.1, 0.15) is 11.6 Å². The van der Waals surface area contributed by atoms with Crippen molar-refractivity contribution in [2.75, 3.05) is 0 Å². The summed E-state index contributed by atoms with van der Waals surface area (Å²) < 4.78 is 29.0. The minimum Gasteiger partial charge on any atom is -0.205 e. The molecule has 0 saturated heterocycles. The van der Waals surface area contributed by atoms with Crippen LogP contribution in [0.2, 0.25) is 0 Å². The Labute approximate surface area is 197 Å². The second-order valence-corrected chi connectivity index (χ2v) is 8.27. The van der Waals surface area contributed by atoms with Crippen LogP contribution >= 0.6 is 0 Å². The summed E-state index contributed by atoms with van der Waals surface area (Å²) >= 11 is 0. The Bertz CT molecular complexity index is 1140. The van der Waals surface area contributed by atoms with Gasteiger partial charge in [0, 0.05) is 16.7 Å². The van der Waals surface area contributed by atoms with E-state index >= 15 is 0 Å². The lowest BCUT2D eigenvalue weighted by Gasteiger charge is -2.01. The zero-order valence-corrected chi connectivity index (χ0v) is 19.5. The molecular formula is C31H30F2. The summed E-state index contributed by atoms with van der Waals surface area (Å²) in [6.45, 7) is 4.33. The minimum atomic E-state index is -0.697. The van der Waals surface area contributed by atoms with Crippen LogP contribution in [0.25, 0.3) is 0 Å². The maximum atomic E-state index is 14.5. The van der Waals surface area contributed by atoms with E-state index in [1.807, 2.05) is 36.4 Å². The predicted octanol–water partition coefficient (Wildman–Crippen LogP) is 7.84. The van der Waals surface area contributed by atoms with Crippen molar-refractivity contribution in [2.45, 2.75) is 58.8 Å². The highest BCUT2D eigenvalue weighted by atomic mass is 19.1. The lowest BCUT2D eigenvalue weighted by molar-refractivity contribution is 0.577. The maximum Gasteiger partial charge on any atom is 0.143 e. The molecule has 33 heavy (non-hydrogen) atoms. The van der Waals surface area contributed by atoms with Gasteiger partial charge in [0.2, 0.25) is 0 Å². The molecule has 2 heteroatoms. The summed E-state index contributed by atoms with van der Waals surface area (Å²) in [7, 11) is 0. The van der Waals surface area contributed by atoms with E-state index in [9.17, 15) is 8.78 Å². The Morgan fingerprint density at radius 3 is 1.61 bits per heavy atom. The number of hydrogen-bond donors (Lipinski definition) is 0. The molecule has 0 aliphatic rings. The van der Waals surface area contributed by atoms with E-state index in [0.717, 1.165) is 30.4 Å². The van der Waals surface area contributed by atoms with Gasteiger partial charge in [0.25, 0.3) is 0 Å². The van der Waals surface area contributed by atoms with Crippen LogP contribution in [0.1, 0.15) is 79.3 Å². The maximum absolute atomic E-state index is 14.5. The van der Waals surface area contributed by atoms with Crippen molar-refractivity contribution in [3.63, 3.8) is 0 Å². The summed E-state index contributed by atoms with van der Waals surface area (Å²) in [6, 6.07) is 18.3. The van der Waals surface area contributed by atoms with Gasteiger partial charge in [-0.05, 0) is 66.8 Å². The van der Waals surface area contributed by atoms with E-state index in [-0.39, 0.29) is 5.56 Å². The van der Waals surface area contributed by atoms with Crippen LogP contribution in [0.5, 0.6) is 0 Å². The minimum absolute atomic E-state index is 0.231. The van der Waals surface area contributed by atoms with E-state index < -0.39 is 11.6 Å². The topological polar surface area (TPSA) is 0 Å². The van der Waals surface area contributed by atoms with Crippen molar-refractivity contribution in [3.05, 3.63) is 106 Å². The molecule has 3 rings (SSSR count). The summed E-state index contributed by atoms with van der Waals surface area (Å²) in [5.74, 6) is 9.94. The molecule has 0 aliphatic heterocycles. The van der Waals surface area contributed by atoms with E-state index in [0.29, 0.717) is 5.56 Å². The highest BCUT2D eigenvalue weighted by Crippen LogP contribution is 2.15. The Kier molecular flexibility index (Phi) is 9.29. The van der Waals surface area contributed by atoms with Crippen LogP contribution in [0.4, 0.5) is 8.78 Å². The summed E-state index contributed by atoms with van der Waals surface area (Å²) in [6.07, 6.45) is 8.08. The fraction of sp³-hybridized carbons (Fsp3) is 0.290. The second-order valence-electron chi connectivity index (χ2n) is 8.27. The number of aryl methyl sites for hydroxylation is 2. The van der Waals surface area contributed by atoms with Crippen LogP contribution in [0.3, 0.4) is 0 Å². The summed E-state index contributed by atoms with van der Waals surface area (Å²) in [4.78, 5) is 0. The number of benzene rings is 3. The van der Waals surface area contributed by atoms with Crippen molar-refractivity contribution in [3.8, 4) is 23.7 Å². The van der Waals surface area contributed by atoms with Crippen LogP contribution in [-0.2, 0) is 12.8 Å². The van der Waals surface area contributed by atoms with Gasteiger partial charge in [-0.25, -0.2) is 8.78 Å². The largest absolute Gasteiger partial charge is 0.205 e. The third kappa shape index (κ3) is 7.62. The normalized spacial score (nSPS) is 10.2. The average molecular weight is 441 g/mol. The molecule has 0 N–H and O–H groups in total. The molecule has 0 spiro atoms. The summed E-state index contributed by atoms with van der Waals surface area (Å²) in [5.41, 5.74) is 4.13. The molecule has 0 heterocycles. The molecule has 0 nitrogen and oxygen atoms in total. The quantitative estimate of drug-likeness (QED) is 0.259. The third-order valence-corrected chi connectivity index (χ3v) is 5.49. The monoisotopic (exact) mass is 440 g/mol. The number of hydrogen-bond acceptors (Lipinski definition) is 0. The molecule has 0 amide bonds. The Morgan fingerprint density at radius 1 is 0.545 bits per heavy atom. The van der Waals surface area contributed by atoms with Gasteiger partial charge >= 0.3 is 0 Å². The first-order chi connectivity index (χ1) is 16.1. The molecule has 168 valence electrons. The number of rotatable bonds is 7. The van der Waals surface area contributed by atoms with Crippen molar-refractivity contribution in [2.24, 2.45) is 0 Å². The second kappa shape index (κ2) is 12.6. The van der Waals surface area contributed by atoms with E-state index in [2.05, 4.69) is 49.7 Å². The van der Waals surface area contributed by atoms with E-state index in [4.69, 9.17) is 0 Å². The molecule has 0 saturated carbocycles. The van der Waals surface area contributed by atoms with Crippen LogP contribution in [0, 0.1) is 35.3 Å². The zero-order valence-electron chi connectivity index (χ0n) is 19.5. The third-order valence-electron chi connectivity index (χ3n) is 5.49. The fourth-order valence-corrected chi connectivity index (χ4v) is 3.60. The molecular weight excluding hydrogens is 410 g/mol. The SMILES string of the molecule is CCCCCCc1ccc(C#Cc2cc(F)c(C#Cc3ccc(CCC)cc3)c(F)c2)cc1. The van der Waals surface area contributed by atoms with Gasteiger partial charge in [-0.3, -0.25) is 0 Å². The molecule has 0 aromatic heterocycles. The molecule has 3 aromatic rings. The lowest BCUT2D eigenvalue weighted by Crippen LogP contribution is -1.93. The standard InChI is InChI=1S/C31H30F2/c1-3-5-6-7-9-25-12-16-26(17-13-25)18-19-28-22-30(32)29(31(33)23-28)21-20-27-14-10-24(8-4-2)11-15-27/h10-17,22-23H,3-9H2,1-2H3. The molecule has 0 atom stereocenters. The Morgan fingerprint density at radius 2 is 1.06 bits per heavy atom. The van der Waals surface area contributed by atoms with Gasteiger partial charge < -0.3 is 0 Å². The zero-order chi connectivity index (χ0) is 23.5. The molecule has 0 radical (unpaired) electrons. The van der Waals surface area contributed by atoms with Crippen LogP contribution in [0.15, 0.2) is 60.7 Å². The Hall–Kier alpha value is -3.36. The smallest absolute Gasteiger partial charge is 0.143 e. The first-order valence-electron chi connectivity index (χ1n) is 11.8. The van der Waals surface area contributed by atoms with E-state index in [1.54, 1.807) is 0 Å². The number of unbranched alkanes of at least 4 members (excludes halogenated alkanes) is 3. The number of halogens is 2. The van der Waals surface area contributed by atoms with Gasteiger partial charge in [0.05, 0.1) is 5.56 Å². The van der Waals surface area contributed by atoms with Crippen molar-refractivity contribution in [1.82, 2.24) is 0 Å². The van der Waals surface area contributed by atoms with Crippen molar-refractivity contribution in [1.29, 1.82) is 0 Å². The van der Waals surface area contributed by atoms with Crippen molar-refractivity contribution >= 4 is 0 Å². The van der Waals surface area contributed by atoms with Crippen LogP contribution < -0.4 is 0 Å². The first kappa shape index (κ1) is 24.3. The molecule has 0 aliphatic carbocycles.